The van der Waals surface area contributed by atoms with Crippen LogP contribution < -0.4 is 9.64 Å². The highest BCUT2D eigenvalue weighted by Gasteiger charge is 2.39. The number of carbonyl (C=O) groups excluding carboxylic acids is 1. The fourth-order valence-electron chi connectivity index (χ4n) is 5.53. The molecule has 4 atom stereocenters. The molecule has 35 heavy (non-hydrogen) atoms. The fraction of sp³-hybridized carbons (Fsp3) is 0.483. The van der Waals surface area contributed by atoms with E-state index in [9.17, 15) is 9.90 Å². The Bertz CT molecular complexity index is 1170. The van der Waals surface area contributed by atoms with E-state index in [0.29, 0.717) is 35.0 Å². The Morgan fingerprint density at radius 2 is 1.86 bits per heavy atom. The monoisotopic (exact) mass is 492 g/mol. The number of ether oxygens (including phenoxy) is 1. The van der Waals surface area contributed by atoms with Gasteiger partial charge >= 0.3 is 0 Å². The smallest absolute Gasteiger partial charge is 0.258 e. The molecule has 1 N–H and O–H groups in total. The van der Waals surface area contributed by atoms with Gasteiger partial charge in [-0.1, -0.05) is 37.3 Å². The summed E-state index contributed by atoms with van der Waals surface area (Å²) in [6, 6.07) is 12.5. The maximum absolute atomic E-state index is 13.3. The van der Waals surface area contributed by atoms with E-state index in [1.165, 1.54) is 12.8 Å². The van der Waals surface area contributed by atoms with Gasteiger partial charge in [0.2, 0.25) is 0 Å². The number of carbonyl (C=O) groups is 1. The number of hydrogen-bond donors (Lipinski definition) is 1. The van der Waals surface area contributed by atoms with Gasteiger partial charge in [-0.3, -0.25) is 4.79 Å². The number of piperidine rings is 1. The average molecular weight is 493 g/mol. The molecule has 0 saturated carbocycles. The van der Waals surface area contributed by atoms with E-state index in [2.05, 4.69) is 23.8 Å². The molecular weight excluding hydrogens is 460 g/mol. The van der Waals surface area contributed by atoms with Crippen LogP contribution in [0.4, 0.5) is 5.69 Å². The minimum absolute atomic E-state index is 0.0374. The number of rotatable bonds is 4. The van der Waals surface area contributed by atoms with Crippen LogP contribution in [0.5, 0.6) is 5.75 Å². The van der Waals surface area contributed by atoms with Gasteiger partial charge in [0.15, 0.2) is 0 Å². The third-order valence-electron chi connectivity index (χ3n) is 7.76. The number of aliphatic hydroxyl groups excluding tert-OH is 1. The first-order valence-electron chi connectivity index (χ1n) is 12.6. The Morgan fingerprint density at radius 3 is 2.54 bits per heavy atom. The molecule has 0 aliphatic carbocycles. The largest absolute Gasteiger partial charge is 0.489 e. The van der Waals surface area contributed by atoms with Crippen LogP contribution in [-0.2, 0) is 6.42 Å². The van der Waals surface area contributed by atoms with Crippen LogP contribution in [-0.4, -0.2) is 53.8 Å². The summed E-state index contributed by atoms with van der Waals surface area (Å²) in [7, 11) is 2.22. The molecule has 2 fully saturated rings. The lowest BCUT2D eigenvalue weighted by molar-refractivity contribution is 0.0662. The minimum Gasteiger partial charge on any atom is -0.489 e. The number of anilines is 1. The van der Waals surface area contributed by atoms with Crippen LogP contribution >= 0.6 is 11.6 Å². The summed E-state index contributed by atoms with van der Waals surface area (Å²) >= 11 is 6.63. The molecule has 0 aromatic heterocycles. The molecule has 2 aromatic rings. The van der Waals surface area contributed by atoms with Crippen LogP contribution in [0, 0.1) is 17.8 Å². The quantitative estimate of drug-likeness (QED) is 0.616. The number of amides is 1. The summed E-state index contributed by atoms with van der Waals surface area (Å²) < 4.78 is 6.32. The molecule has 0 radical (unpaired) electrons. The summed E-state index contributed by atoms with van der Waals surface area (Å²) in [6.45, 7) is 4.44. The topological polar surface area (TPSA) is 53.0 Å². The lowest BCUT2D eigenvalue weighted by atomic mass is 9.96. The highest BCUT2D eigenvalue weighted by atomic mass is 35.5. The number of benzene rings is 2. The fourth-order valence-corrected chi connectivity index (χ4v) is 5.75. The number of hydrogen-bond acceptors (Lipinski definition) is 4. The first kappa shape index (κ1) is 24.2. The molecule has 3 heterocycles. The predicted molar refractivity (Wildman–Crippen MR) is 139 cm³/mol. The van der Waals surface area contributed by atoms with Crippen LogP contribution in [0.1, 0.15) is 61.0 Å². The first-order valence-corrected chi connectivity index (χ1v) is 13.0. The van der Waals surface area contributed by atoms with E-state index in [4.69, 9.17) is 16.3 Å². The Balaban J connectivity index is 1.28. The lowest BCUT2D eigenvalue weighted by Crippen LogP contribution is -2.43. The molecule has 2 saturated heterocycles. The predicted octanol–water partition coefficient (Wildman–Crippen LogP) is 4.92. The lowest BCUT2D eigenvalue weighted by Gasteiger charge is -2.36. The van der Waals surface area contributed by atoms with Crippen LogP contribution in [0.2, 0.25) is 5.02 Å². The van der Waals surface area contributed by atoms with E-state index in [-0.39, 0.29) is 17.9 Å². The van der Waals surface area contributed by atoms with Gasteiger partial charge in [0.05, 0.1) is 5.02 Å². The zero-order chi connectivity index (χ0) is 24.7. The summed E-state index contributed by atoms with van der Waals surface area (Å²) in [6.07, 6.45) is 4.84. The summed E-state index contributed by atoms with van der Waals surface area (Å²) in [5.41, 5.74) is 3.27. The SMILES string of the molecule is CC(C)C(O)C#Cc1ccc2c(c1)CCN(c1ccc(O[C@H]3C[C@H]4CC[C@@H](C3)N4C)c(Cl)c1)C2=O. The Hall–Kier alpha value is -2.52. The molecule has 2 bridgehead atoms. The van der Waals surface area contributed by atoms with Crippen molar-refractivity contribution in [2.24, 2.45) is 5.92 Å². The zero-order valence-corrected chi connectivity index (χ0v) is 21.4. The van der Waals surface area contributed by atoms with Crippen molar-refractivity contribution < 1.29 is 14.6 Å². The normalized spacial score (nSPS) is 24.7. The minimum atomic E-state index is -0.658. The van der Waals surface area contributed by atoms with Crippen molar-refractivity contribution in [1.29, 1.82) is 0 Å². The van der Waals surface area contributed by atoms with Gasteiger partial charge in [-0.15, -0.1) is 0 Å². The third-order valence-corrected chi connectivity index (χ3v) is 8.05. The molecular formula is C29H33ClN2O3. The van der Waals surface area contributed by atoms with Crippen molar-refractivity contribution in [3.63, 3.8) is 0 Å². The van der Waals surface area contributed by atoms with Gasteiger partial charge in [0, 0.05) is 35.4 Å². The molecule has 5 rings (SSSR count). The Kier molecular flexibility index (Phi) is 6.81. The van der Waals surface area contributed by atoms with Gasteiger partial charge < -0.3 is 19.6 Å². The zero-order valence-electron chi connectivity index (χ0n) is 20.6. The van der Waals surface area contributed by atoms with Crippen molar-refractivity contribution in [3.05, 3.63) is 58.1 Å². The average Bonchev–Trinajstić information content (AvgIpc) is 3.04. The summed E-state index contributed by atoms with van der Waals surface area (Å²) in [5, 5.41) is 10.5. The van der Waals surface area contributed by atoms with Crippen LogP contribution in [0.25, 0.3) is 0 Å². The van der Waals surface area contributed by atoms with E-state index in [1.54, 1.807) is 4.90 Å². The van der Waals surface area contributed by atoms with E-state index >= 15 is 0 Å². The summed E-state index contributed by atoms with van der Waals surface area (Å²) in [5.74, 6) is 6.66. The van der Waals surface area contributed by atoms with Gasteiger partial charge in [0.25, 0.3) is 5.91 Å². The van der Waals surface area contributed by atoms with E-state index in [1.807, 2.05) is 50.2 Å². The standard InChI is InChI=1S/C29H33ClN2O3/c1-18(2)27(33)10-5-19-4-9-25-20(14-19)12-13-32(29(25)34)23-8-11-28(26(30)17-23)35-24-15-21-6-7-22(16-24)31(21)3/h4,8-9,11,14,17-18,21-22,24,27,33H,6-7,12-13,15-16H2,1-3H3/t21-,22+,24+,27?. The Morgan fingerprint density at radius 1 is 1.11 bits per heavy atom. The second-order valence-corrected chi connectivity index (χ2v) is 10.8. The van der Waals surface area contributed by atoms with Crippen LogP contribution in [0.15, 0.2) is 36.4 Å². The molecule has 2 aromatic carbocycles. The molecule has 1 amide bonds. The molecule has 5 nitrogen and oxygen atoms in total. The first-order chi connectivity index (χ1) is 16.8. The third kappa shape index (κ3) is 4.93. The van der Waals surface area contributed by atoms with Gasteiger partial charge in [0.1, 0.15) is 18.0 Å². The van der Waals surface area contributed by atoms with Crippen molar-refractivity contribution in [2.45, 2.75) is 70.2 Å². The second-order valence-electron chi connectivity index (χ2n) is 10.4. The van der Waals surface area contributed by atoms with Crippen molar-refractivity contribution >= 4 is 23.2 Å². The van der Waals surface area contributed by atoms with E-state index in [0.717, 1.165) is 36.1 Å². The number of fused-ring (bicyclic) bond motifs is 3. The second kappa shape index (κ2) is 9.85. The van der Waals surface area contributed by atoms with Gasteiger partial charge in [-0.2, -0.15) is 0 Å². The highest BCUT2D eigenvalue weighted by molar-refractivity contribution is 6.32. The van der Waals surface area contributed by atoms with Crippen molar-refractivity contribution in [1.82, 2.24) is 4.90 Å². The maximum Gasteiger partial charge on any atom is 0.258 e. The Labute approximate surface area is 213 Å². The molecule has 3 aliphatic rings. The molecule has 3 aliphatic heterocycles. The molecule has 6 heteroatoms. The van der Waals surface area contributed by atoms with Crippen LogP contribution in [0.3, 0.4) is 0 Å². The van der Waals surface area contributed by atoms with Crippen molar-refractivity contribution in [2.75, 3.05) is 18.5 Å². The van der Waals surface area contributed by atoms with Gasteiger partial charge in [-0.25, -0.2) is 0 Å². The summed E-state index contributed by atoms with van der Waals surface area (Å²) in [4.78, 5) is 17.6. The van der Waals surface area contributed by atoms with Gasteiger partial charge in [-0.05, 0) is 87.0 Å². The van der Waals surface area contributed by atoms with E-state index < -0.39 is 6.10 Å². The van der Waals surface area contributed by atoms with Crippen molar-refractivity contribution in [3.8, 4) is 17.6 Å². The maximum atomic E-state index is 13.3. The molecule has 0 spiro atoms. The number of nitrogens with zero attached hydrogens (tertiary/aromatic N) is 2. The molecule has 184 valence electrons. The molecule has 1 unspecified atom stereocenters. The highest BCUT2D eigenvalue weighted by Crippen LogP contribution is 2.38. The number of aliphatic hydroxyl groups is 1. The number of halogens is 1.